The van der Waals surface area contributed by atoms with Gasteiger partial charge in [0.15, 0.2) is 0 Å². The quantitative estimate of drug-likeness (QED) is 0.686. The van der Waals surface area contributed by atoms with E-state index in [0.717, 1.165) is 42.0 Å². The highest BCUT2D eigenvalue weighted by Gasteiger charge is 2.20. The molecule has 0 aliphatic carbocycles. The molecule has 0 aliphatic heterocycles. The Hall–Kier alpha value is -2.36. The van der Waals surface area contributed by atoms with Gasteiger partial charge >= 0.3 is 5.97 Å². The predicted octanol–water partition coefficient (Wildman–Crippen LogP) is 3.92. The van der Waals surface area contributed by atoms with Gasteiger partial charge in [-0.2, -0.15) is 0 Å². The number of nitrogens with one attached hydrogen (secondary N) is 1. The molecule has 128 valence electrons. The lowest BCUT2D eigenvalue weighted by atomic mass is 10.0. The Labute approximate surface area is 142 Å². The first-order chi connectivity index (χ1) is 11.6. The smallest absolute Gasteiger partial charge is 0.326 e. The molecule has 1 amide bonds. The van der Waals surface area contributed by atoms with Crippen molar-refractivity contribution in [2.45, 2.75) is 51.5 Å². The Kier molecular flexibility index (Phi) is 6.79. The lowest BCUT2D eigenvalue weighted by Gasteiger charge is -2.15. The van der Waals surface area contributed by atoms with Crippen molar-refractivity contribution in [3.63, 3.8) is 0 Å². The van der Waals surface area contributed by atoms with Crippen LogP contribution in [0.2, 0.25) is 0 Å². The summed E-state index contributed by atoms with van der Waals surface area (Å²) in [5, 5.41) is 14.2. The van der Waals surface area contributed by atoms with Crippen LogP contribution in [0.25, 0.3) is 10.8 Å². The van der Waals surface area contributed by atoms with E-state index in [1.165, 1.54) is 0 Å². The van der Waals surface area contributed by atoms with Crippen molar-refractivity contribution in [3.8, 4) is 0 Å². The third-order valence-electron chi connectivity index (χ3n) is 4.14. The molecule has 0 aliphatic rings. The first-order valence-corrected chi connectivity index (χ1v) is 8.60. The van der Waals surface area contributed by atoms with Crippen molar-refractivity contribution in [1.82, 2.24) is 5.32 Å². The number of hydrogen-bond donors (Lipinski definition) is 2. The lowest BCUT2D eigenvalue weighted by Crippen LogP contribution is -2.42. The Morgan fingerprint density at radius 3 is 2.50 bits per heavy atom. The normalized spacial score (nSPS) is 12.0. The van der Waals surface area contributed by atoms with Crippen molar-refractivity contribution in [1.29, 1.82) is 0 Å². The number of amides is 1. The minimum absolute atomic E-state index is 0.181. The molecule has 0 saturated heterocycles. The van der Waals surface area contributed by atoms with Gasteiger partial charge in [0, 0.05) is 12.8 Å². The van der Waals surface area contributed by atoms with Crippen LogP contribution in [-0.4, -0.2) is 23.0 Å². The molecule has 1 atom stereocenters. The van der Waals surface area contributed by atoms with Gasteiger partial charge in [-0.05, 0) is 22.8 Å². The summed E-state index contributed by atoms with van der Waals surface area (Å²) in [4.78, 5) is 23.4. The van der Waals surface area contributed by atoms with Gasteiger partial charge in [0.05, 0.1) is 0 Å². The highest BCUT2D eigenvalue weighted by atomic mass is 16.4. The third-order valence-corrected chi connectivity index (χ3v) is 4.14. The van der Waals surface area contributed by atoms with Crippen LogP contribution in [0.5, 0.6) is 0 Å². The molecular weight excluding hydrogens is 302 g/mol. The molecule has 0 saturated carbocycles. The van der Waals surface area contributed by atoms with Crippen LogP contribution < -0.4 is 5.32 Å². The number of unbranched alkanes of at least 4 members (excludes halogenated alkanes) is 3. The van der Waals surface area contributed by atoms with Crippen LogP contribution in [0.15, 0.2) is 42.5 Å². The van der Waals surface area contributed by atoms with E-state index in [1.54, 1.807) is 0 Å². The number of aliphatic carboxylic acids is 1. The minimum Gasteiger partial charge on any atom is -0.480 e. The fourth-order valence-electron chi connectivity index (χ4n) is 2.78. The molecule has 1 unspecified atom stereocenters. The van der Waals surface area contributed by atoms with Crippen LogP contribution in [0.4, 0.5) is 0 Å². The van der Waals surface area contributed by atoms with E-state index in [0.29, 0.717) is 12.8 Å². The van der Waals surface area contributed by atoms with E-state index in [2.05, 4.69) is 12.2 Å². The topological polar surface area (TPSA) is 66.4 Å². The SMILES string of the molecule is CCCCCCC(=O)NC(Cc1ccc2ccccc2c1)C(=O)O. The molecule has 2 rings (SSSR count). The summed E-state index contributed by atoms with van der Waals surface area (Å²) in [7, 11) is 0. The van der Waals surface area contributed by atoms with Gasteiger partial charge < -0.3 is 10.4 Å². The van der Waals surface area contributed by atoms with Crippen molar-refractivity contribution in [2.75, 3.05) is 0 Å². The van der Waals surface area contributed by atoms with Gasteiger partial charge in [0.25, 0.3) is 0 Å². The average molecular weight is 327 g/mol. The van der Waals surface area contributed by atoms with Gasteiger partial charge in [-0.15, -0.1) is 0 Å². The highest BCUT2D eigenvalue weighted by Crippen LogP contribution is 2.17. The second-order valence-electron chi connectivity index (χ2n) is 6.15. The summed E-state index contributed by atoms with van der Waals surface area (Å²) < 4.78 is 0. The average Bonchev–Trinajstić information content (AvgIpc) is 2.58. The number of carboxylic acids is 1. The van der Waals surface area contributed by atoms with E-state index in [9.17, 15) is 14.7 Å². The summed E-state index contributed by atoms with van der Waals surface area (Å²) in [6.45, 7) is 2.12. The molecule has 0 bridgehead atoms. The standard InChI is InChI=1S/C20H25NO3/c1-2-3-4-5-10-19(22)21-18(20(23)24)14-15-11-12-16-8-6-7-9-17(16)13-15/h6-9,11-13,18H,2-5,10,14H2,1H3,(H,21,22)(H,23,24). The van der Waals surface area contributed by atoms with Gasteiger partial charge in [-0.25, -0.2) is 4.79 Å². The summed E-state index contributed by atoms with van der Waals surface area (Å²) in [6, 6.07) is 13.0. The second kappa shape index (κ2) is 9.06. The zero-order valence-corrected chi connectivity index (χ0v) is 14.1. The van der Waals surface area contributed by atoms with E-state index in [-0.39, 0.29) is 5.91 Å². The van der Waals surface area contributed by atoms with Crippen LogP contribution in [-0.2, 0) is 16.0 Å². The lowest BCUT2D eigenvalue weighted by molar-refractivity contribution is -0.141. The number of rotatable bonds is 9. The molecule has 4 heteroatoms. The molecule has 0 radical (unpaired) electrons. The molecule has 0 fully saturated rings. The second-order valence-corrected chi connectivity index (χ2v) is 6.15. The van der Waals surface area contributed by atoms with Crippen LogP contribution in [0.1, 0.15) is 44.6 Å². The first kappa shape index (κ1) is 18.0. The van der Waals surface area contributed by atoms with E-state index in [1.807, 2.05) is 42.5 Å². The van der Waals surface area contributed by atoms with Crippen molar-refractivity contribution in [3.05, 3.63) is 48.0 Å². The maximum Gasteiger partial charge on any atom is 0.326 e. The number of carbonyl (C=O) groups excluding carboxylic acids is 1. The number of carboxylic acid groups (broad SMARTS) is 1. The Bertz CT molecular complexity index is 696. The highest BCUT2D eigenvalue weighted by molar-refractivity contribution is 5.85. The fraction of sp³-hybridized carbons (Fsp3) is 0.400. The number of fused-ring (bicyclic) bond motifs is 1. The van der Waals surface area contributed by atoms with E-state index < -0.39 is 12.0 Å². The molecule has 4 nitrogen and oxygen atoms in total. The molecule has 0 heterocycles. The maximum absolute atomic E-state index is 11.9. The Morgan fingerprint density at radius 2 is 1.79 bits per heavy atom. The van der Waals surface area contributed by atoms with Gasteiger partial charge in [-0.1, -0.05) is 68.7 Å². The largest absolute Gasteiger partial charge is 0.480 e. The molecule has 0 aromatic heterocycles. The number of benzene rings is 2. The third kappa shape index (κ3) is 5.37. The molecule has 2 N–H and O–H groups in total. The molecule has 0 spiro atoms. The zero-order valence-electron chi connectivity index (χ0n) is 14.1. The Morgan fingerprint density at radius 1 is 1.04 bits per heavy atom. The van der Waals surface area contributed by atoms with Crippen molar-refractivity contribution >= 4 is 22.6 Å². The zero-order chi connectivity index (χ0) is 17.4. The first-order valence-electron chi connectivity index (χ1n) is 8.60. The van der Waals surface area contributed by atoms with Crippen LogP contribution in [0.3, 0.4) is 0 Å². The van der Waals surface area contributed by atoms with Crippen LogP contribution >= 0.6 is 0 Å². The molecule has 2 aromatic carbocycles. The number of carbonyl (C=O) groups is 2. The van der Waals surface area contributed by atoms with Crippen molar-refractivity contribution < 1.29 is 14.7 Å². The molecule has 2 aromatic rings. The molecular formula is C20H25NO3. The van der Waals surface area contributed by atoms with Gasteiger partial charge in [0.2, 0.25) is 5.91 Å². The molecule has 24 heavy (non-hydrogen) atoms. The van der Waals surface area contributed by atoms with E-state index >= 15 is 0 Å². The van der Waals surface area contributed by atoms with Crippen molar-refractivity contribution in [2.24, 2.45) is 0 Å². The Balaban J connectivity index is 1.96. The predicted molar refractivity (Wildman–Crippen MR) is 96.0 cm³/mol. The maximum atomic E-state index is 11.9. The van der Waals surface area contributed by atoms with Gasteiger partial charge in [-0.3, -0.25) is 4.79 Å². The number of hydrogen-bond acceptors (Lipinski definition) is 2. The van der Waals surface area contributed by atoms with E-state index in [4.69, 9.17) is 0 Å². The van der Waals surface area contributed by atoms with Crippen LogP contribution in [0, 0.1) is 0 Å². The summed E-state index contributed by atoms with van der Waals surface area (Å²) in [5.41, 5.74) is 0.910. The summed E-state index contributed by atoms with van der Waals surface area (Å²) in [6.07, 6.45) is 4.71. The monoisotopic (exact) mass is 327 g/mol. The fourth-order valence-corrected chi connectivity index (χ4v) is 2.78. The minimum atomic E-state index is -0.995. The van der Waals surface area contributed by atoms with Gasteiger partial charge in [0.1, 0.15) is 6.04 Å². The summed E-state index contributed by atoms with van der Waals surface area (Å²) >= 11 is 0. The summed E-state index contributed by atoms with van der Waals surface area (Å²) in [5.74, 6) is -1.18.